The number of hydrogen-bond acceptors (Lipinski definition) is 2. The Morgan fingerprint density at radius 2 is 1.71 bits per heavy atom. The lowest BCUT2D eigenvalue weighted by atomic mass is 9.42. The Morgan fingerprint density at radius 1 is 1.00 bits per heavy atom. The van der Waals surface area contributed by atoms with E-state index in [9.17, 15) is 0 Å². The number of nitrogens with one attached hydrogen (secondary N) is 1. The third-order valence-corrected chi connectivity index (χ3v) is 10.8. The lowest BCUT2D eigenvalue weighted by Crippen LogP contribution is -2.57. The molecule has 0 bridgehead atoms. The average molecular weight is 389 g/mol. The van der Waals surface area contributed by atoms with Crippen LogP contribution >= 0.6 is 0 Å². The van der Waals surface area contributed by atoms with Crippen LogP contribution in [0.25, 0.3) is 0 Å². The van der Waals surface area contributed by atoms with Crippen molar-refractivity contribution in [1.82, 2.24) is 5.32 Å². The molecule has 10 unspecified atom stereocenters. The van der Waals surface area contributed by atoms with Crippen LogP contribution in [0.2, 0.25) is 0 Å². The second kappa shape index (κ2) is 7.88. The molecule has 2 heteroatoms. The van der Waals surface area contributed by atoms with Crippen molar-refractivity contribution in [3.05, 3.63) is 0 Å². The van der Waals surface area contributed by atoms with Crippen LogP contribution < -0.4 is 11.1 Å². The molecule has 4 rings (SSSR count). The SMILES string of the molecule is CNC1CCC2(C)C(C1)CC(C)C1C3CCC(CCCC(C)N)C3(C)CCC12. The van der Waals surface area contributed by atoms with Crippen molar-refractivity contribution in [3.8, 4) is 0 Å². The third kappa shape index (κ3) is 3.39. The van der Waals surface area contributed by atoms with Crippen LogP contribution in [0.4, 0.5) is 0 Å². The number of hydrogen-bond donors (Lipinski definition) is 2. The minimum absolute atomic E-state index is 0.378. The zero-order valence-electron chi connectivity index (χ0n) is 19.5. The summed E-state index contributed by atoms with van der Waals surface area (Å²) in [5.41, 5.74) is 7.29. The van der Waals surface area contributed by atoms with E-state index in [0.29, 0.717) is 16.9 Å². The summed E-state index contributed by atoms with van der Waals surface area (Å²) in [7, 11) is 2.18. The molecule has 0 heterocycles. The summed E-state index contributed by atoms with van der Waals surface area (Å²) in [4.78, 5) is 0. The molecule has 4 saturated carbocycles. The molecule has 0 amide bonds. The fourth-order valence-electron chi connectivity index (χ4n) is 9.17. The Bertz CT molecular complexity index is 545. The molecule has 0 aromatic heterocycles. The molecule has 0 aromatic carbocycles. The fourth-order valence-corrected chi connectivity index (χ4v) is 9.17. The summed E-state index contributed by atoms with van der Waals surface area (Å²) >= 11 is 0. The van der Waals surface area contributed by atoms with Gasteiger partial charge in [-0.3, -0.25) is 0 Å². The molecule has 3 N–H and O–H groups in total. The van der Waals surface area contributed by atoms with Crippen LogP contribution in [0, 0.1) is 46.3 Å². The lowest BCUT2D eigenvalue weighted by Gasteiger charge is -2.63. The normalized spacial score (nSPS) is 51.9. The minimum atomic E-state index is 0.378. The highest BCUT2D eigenvalue weighted by atomic mass is 14.9. The van der Waals surface area contributed by atoms with Crippen LogP contribution in [-0.4, -0.2) is 19.1 Å². The van der Waals surface area contributed by atoms with Gasteiger partial charge in [-0.25, -0.2) is 0 Å². The Balaban J connectivity index is 1.51. The fraction of sp³-hybridized carbons (Fsp3) is 1.00. The van der Waals surface area contributed by atoms with Crippen LogP contribution in [-0.2, 0) is 0 Å². The van der Waals surface area contributed by atoms with E-state index >= 15 is 0 Å². The summed E-state index contributed by atoms with van der Waals surface area (Å²) in [5.74, 6) is 5.87. The Kier molecular flexibility index (Phi) is 5.95. The summed E-state index contributed by atoms with van der Waals surface area (Å²) in [6, 6.07) is 1.15. The zero-order valence-corrected chi connectivity index (χ0v) is 19.5. The first-order valence-electron chi connectivity index (χ1n) is 12.7. The maximum Gasteiger partial charge on any atom is 0.00671 e. The molecule has 2 nitrogen and oxygen atoms in total. The van der Waals surface area contributed by atoms with Crippen LogP contribution in [0.1, 0.15) is 98.3 Å². The lowest BCUT2D eigenvalue weighted by molar-refractivity contribution is -0.137. The van der Waals surface area contributed by atoms with Crippen molar-refractivity contribution in [2.24, 2.45) is 52.1 Å². The largest absolute Gasteiger partial charge is 0.328 e. The summed E-state index contributed by atoms with van der Waals surface area (Å²) in [5, 5.41) is 3.61. The smallest absolute Gasteiger partial charge is 0.00671 e. The Hall–Kier alpha value is -0.0800. The first-order chi connectivity index (χ1) is 13.3. The van der Waals surface area contributed by atoms with Gasteiger partial charge in [0.15, 0.2) is 0 Å². The molecular formula is C26H48N2. The van der Waals surface area contributed by atoms with E-state index in [1.807, 2.05) is 0 Å². The molecule has 4 aliphatic rings. The first-order valence-corrected chi connectivity index (χ1v) is 12.7. The highest BCUT2D eigenvalue weighted by Gasteiger charge is 2.61. The predicted octanol–water partition coefficient (Wildman–Crippen LogP) is 6.00. The van der Waals surface area contributed by atoms with E-state index in [1.165, 1.54) is 70.6 Å². The quantitative estimate of drug-likeness (QED) is 0.606. The predicted molar refractivity (Wildman–Crippen MR) is 120 cm³/mol. The third-order valence-electron chi connectivity index (χ3n) is 10.8. The van der Waals surface area contributed by atoms with E-state index in [2.05, 4.69) is 40.1 Å². The molecule has 162 valence electrons. The van der Waals surface area contributed by atoms with Gasteiger partial charge in [0.1, 0.15) is 0 Å². The average Bonchev–Trinajstić information content (AvgIpc) is 2.98. The first kappa shape index (κ1) is 21.2. The molecule has 10 atom stereocenters. The zero-order chi connectivity index (χ0) is 20.1. The van der Waals surface area contributed by atoms with Gasteiger partial charge in [-0.15, -0.1) is 0 Å². The molecule has 0 aliphatic heterocycles. The van der Waals surface area contributed by atoms with Gasteiger partial charge < -0.3 is 11.1 Å². The maximum absolute atomic E-state index is 6.04. The topological polar surface area (TPSA) is 38.0 Å². The van der Waals surface area contributed by atoms with Crippen molar-refractivity contribution >= 4 is 0 Å². The van der Waals surface area contributed by atoms with Crippen molar-refractivity contribution in [1.29, 1.82) is 0 Å². The van der Waals surface area contributed by atoms with E-state index in [4.69, 9.17) is 5.73 Å². The second-order valence-corrected chi connectivity index (χ2v) is 12.2. The molecule has 4 aliphatic carbocycles. The molecule has 0 aromatic rings. The van der Waals surface area contributed by atoms with Crippen molar-refractivity contribution < 1.29 is 0 Å². The standard InChI is InChI=1S/C26H48N2/c1-17-15-20-16-21(28-5)11-13-26(20,4)23-12-14-25(3)19(8-6-7-18(2)27)9-10-22(25)24(17)23/h17-24,28H,6-16,27H2,1-5H3. The molecule has 4 fully saturated rings. The Morgan fingerprint density at radius 3 is 2.43 bits per heavy atom. The molecule has 0 radical (unpaired) electrons. The van der Waals surface area contributed by atoms with Gasteiger partial charge in [0.05, 0.1) is 0 Å². The van der Waals surface area contributed by atoms with Gasteiger partial charge in [0, 0.05) is 12.1 Å². The summed E-state index contributed by atoms with van der Waals surface area (Å²) < 4.78 is 0. The molecule has 28 heavy (non-hydrogen) atoms. The highest BCUT2D eigenvalue weighted by Crippen LogP contribution is 2.69. The summed E-state index contributed by atoms with van der Waals surface area (Å²) in [6.07, 6.45) is 15.8. The van der Waals surface area contributed by atoms with Gasteiger partial charge in [-0.05, 0) is 125 Å². The molecular weight excluding hydrogens is 340 g/mol. The number of rotatable bonds is 5. The van der Waals surface area contributed by atoms with Gasteiger partial charge in [-0.2, -0.15) is 0 Å². The van der Waals surface area contributed by atoms with E-state index in [0.717, 1.165) is 41.5 Å². The second-order valence-electron chi connectivity index (χ2n) is 12.2. The van der Waals surface area contributed by atoms with E-state index in [1.54, 1.807) is 0 Å². The van der Waals surface area contributed by atoms with Crippen LogP contribution in [0.15, 0.2) is 0 Å². The van der Waals surface area contributed by atoms with Gasteiger partial charge in [-0.1, -0.05) is 27.2 Å². The number of nitrogens with two attached hydrogens (primary N) is 1. The van der Waals surface area contributed by atoms with Crippen LogP contribution in [0.3, 0.4) is 0 Å². The van der Waals surface area contributed by atoms with Crippen LogP contribution in [0.5, 0.6) is 0 Å². The van der Waals surface area contributed by atoms with E-state index < -0.39 is 0 Å². The monoisotopic (exact) mass is 388 g/mol. The van der Waals surface area contributed by atoms with Crippen molar-refractivity contribution in [2.75, 3.05) is 7.05 Å². The summed E-state index contributed by atoms with van der Waals surface area (Å²) in [6.45, 7) is 10.2. The molecule has 0 saturated heterocycles. The number of fused-ring (bicyclic) bond motifs is 5. The maximum atomic E-state index is 6.04. The van der Waals surface area contributed by atoms with Crippen molar-refractivity contribution in [3.63, 3.8) is 0 Å². The minimum Gasteiger partial charge on any atom is -0.328 e. The van der Waals surface area contributed by atoms with E-state index in [-0.39, 0.29) is 0 Å². The molecule has 0 spiro atoms. The van der Waals surface area contributed by atoms with Gasteiger partial charge in [0.2, 0.25) is 0 Å². The highest BCUT2D eigenvalue weighted by molar-refractivity contribution is 5.10. The van der Waals surface area contributed by atoms with Crippen molar-refractivity contribution in [2.45, 2.75) is 110 Å². The van der Waals surface area contributed by atoms with Gasteiger partial charge in [0.25, 0.3) is 0 Å². The Labute approximate surface area is 175 Å². The van der Waals surface area contributed by atoms with Gasteiger partial charge >= 0.3 is 0 Å².